The molecule has 6 heteroatoms. The number of hydrogen-bond donors (Lipinski definition) is 0. The van der Waals surface area contributed by atoms with Crippen molar-refractivity contribution in [3.63, 3.8) is 0 Å². The molecular weight excluding hydrogens is 236 g/mol. The number of hydrogen-bond acceptors (Lipinski definition) is 6. The number of nitrogens with zero attached hydrogens (tertiary/aromatic N) is 2. The molecule has 1 heterocycles. The van der Waals surface area contributed by atoms with Gasteiger partial charge in [-0.15, -0.1) is 5.10 Å². The van der Waals surface area contributed by atoms with Gasteiger partial charge < -0.3 is 9.47 Å². The SMILES string of the molecule is CC(C)OC(=O)c1ccnnc1C(=O)OC(C)C. The van der Waals surface area contributed by atoms with Crippen molar-refractivity contribution in [1.82, 2.24) is 10.2 Å². The molecule has 0 saturated heterocycles. The van der Waals surface area contributed by atoms with Gasteiger partial charge in [0.2, 0.25) is 0 Å². The van der Waals surface area contributed by atoms with Crippen molar-refractivity contribution in [2.75, 3.05) is 0 Å². The van der Waals surface area contributed by atoms with E-state index in [0.29, 0.717) is 0 Å². The van der Waals surface area contributed by atoms with Crippen LogP contribution in [0, 0.1) is 0 Å². The molecule has 6 nitrogen and oxygen atoms in total. The van der Waals surface area contributed by atoms with E-state index in [1.807, 2.05) is 0 Å². The Hall–Kier alpha value is -1.98. The molecule has 0 saturated carbocycles. The van der Waals surface area contributed by atoms with Gasteiger partial charge in [0, 0.05) is 0 Å². The number of carbonyl (C=O) groups excluding carboxylic acids is 2. The van der Waals surface area contributed by atoms with E-state index >= 15 is 0 Å². The van der Waals surface area contributed by atoms with Crippen LogP contribution in [0.25, 0.3) is 0 Å². The van der Waals surface area contributed by atoms with E-state index in [4.69, 9.17) is 9.47 Å². The number of rotatable bonds is 4. The minimum absolute atomic E-state index is 0.0596. The summed E-state index contributed by atoms with van der Waals surface area (Å²) in [5.41, 5.74) is -0.0683. The molecule has 0 aliphatic heterocycles. The van der Waals surface area contributed by atoms with E-state index in [1.165, 1.54) is 12.3 Å². The smallest absolute Gasteiger partial charge is 0.360 e. The molecule has 1 rings (SSSR count). The van der Waals surface area contributed by atoms with Gasteiger partial charge in [0.1, 0.15) is 0 Å². The topological polar surface area (TPSA) is 78.4 Å². The third kappa shape index (κ3) is 3.80. The Morgan fingerprint density at radius 3 is 2.17 bits per heavy atom. The van der Waals surface area contributed by atoms with Crippen LogP contribution >= 0.6 is 0 Å². The molecule has 0 aliphatic carbocycles. The molecule has 0 aliphatic rings. The molecule has 1 aromatic rings. The lowest BCUT2D eigenvalue weighted by Gasteiger charge is -2.11. The summed E-state index contributed by atoms with van der Waals surface area (Å²) in [6.07, 6.45) is 0.747. The van der Waals surface area contributed by atoms with Crippen molar-refractivity contribution in [1.29, 1.82) is 0 Å². The van der Waals surface area contributed by atoms with Crippen molar-refractivity contribution in [2.45, 2.75) is 39.9 Å². The summed E-state index contributed by atoms with van der Waals surface area (Å²) in [5.74, 6) is -1.30. The van der Waals surface area contributed by atoms with E-state index in [2.05, 4.69) is 10.2 Å². The van der Waals surface area contributed by atoms with Crippen LogP contribution < -0.4 is 0 Å². The molecular formula is C12H16N2O4. The van der Waals surface area contributed by atoms with E-state index in [0.717, 1.165) is 0 Å². The molecule has 18 heavy (non-hydrogen) atoms. The zero-order valence-corrected chi connectivity index (χ0v) is 10.8. The summed E-state index contributed by atoms with van der Waals surface area (Å²) < 4.78 is 10.0. The molecule has 0 N–H and O–H groups in total. The number of aromatic nitrogens is 2. The Morgan fingerprint density at radius 1 is 1.06 bits per heavy atom. The molecule has 0 unspecified atom stereocenters. The predicted octanol–water partition coefficient (Wildman–Crippen LogP) is 1.61. The second-order valence-electron chi connectivity index (χ2n) is 4.20. The minimum atomic E-state index is -0.686. The molecule has 0 fully saturated rings. The van der Waals surface area contributed by atoms with Gasteiger partial charge >= 0.3 is 11.9 Å². The minimum Gasteiger partial charge on any atom is -0.459 e. The number of carbonyl (C=O) groups is 2. The summed E-state index contributed by atoms with van der Waals surface area (Å²) in [5, 5.41) is 7.21. The summed E-state index contributed by atoms with van der Waals surface area (Å²) in [6, 6.07) is 1.38. The highest BCUT2D eigenvalue weighted by Gasteiger charge is 2.22. The molecule has 0 radical (unpaired) electrons. The molecule has 0 amide bonds. The third-order valence-corrected chi connectivity index (χ3v) is 1.82. The lowest BCUT2D eigenvalue weighted by Crippen LogP contribution is -2.20. The van der Waals surface area contributed by atoms with Gasteiger partial charge in [0.25, 0.3) is 0 Å². The van der Waals surface area contributed by atoms with E-state index < -0.39 is 11.9 Å². The van der Waals surface area contributed by atoms with Crippen molar-refractivity contribution in [3.8, 4) is 0 Å². The van der Waals surface area contributed by atoms with Crippen LogP contribution in [0.4, 0.5) is 0 Å². The Kier molecular flexibility index (Phi) is 4.76. The number of esters is 2. The molecule has 98 valence electrons. The maximum Gasteiger partial charge on any atom is 0.360 e. The Balaban J connectivity index is 2.99. The van der Waals surface area contributed by atoms with Crippen LogP contribution in [0.15, 0.2) is 12.3 Å². The van der Waals surface area contributed by atoms with E-state index in [1.54, 1.807) is 27.7 Å². The van der Waals surface area contributed by atoms with Crippen LogP contribution in [0.3, 0.4) is 0 Å². The normalized spacial score (nSPS) is 10.6. The van der Waals surface area contributed by atoms with Gasteiger partial charge in [-0.1, -0.05) is 0 Å². The maximum atomic E-state index is 11.8. The molecule has 0 spiro atoms. The van der Waals surface area contributed by atoms with Gasteiger partial charge in [0.15, 0.2) is 5.69 Å². The first-order valence-electron chi connectivity index (χ1n) is 5.65. The fourth-order valence-corrected chi connectivity index (χ4v) is 1.19. The van der Waals surface area contributed by atoms with Crippen LogP contribution in [0.1, 0.15) is 48.5 Å². The second-order valence-corrected chi connectivity index (χ2v) is 4.20. The third-order valence-electron chi connectivity index (χ3n) is 1.82. The van der Waals surface area contributed by atoms with E-state index in [-0.39, 0.29) is 23.5 Å². The van der Waals surface area contributed by atoms with Gasteiger partial charge in [-0.25, -0.2) is 9.59 Å². The average molecular weight is 252 g/mol. The van der Waals surface area contributed by atoms with Gasteiger partial charge in [0.05, 0.1) is 24.0 Å². The van der Waals surface area contributed by atoms with E-state index in [9.17, 15) is 9.59 Å². The summed E-state index contributed by atoms with van der Waals surface area (Å²) in [7, 11) is 0. The Labute approximate surface area is 105 Å². The Bertz CT molecular complexity index is 402. The highest BCUT2D eigenvalue weighted by atomic mass is 16.5. The summed E-state index contributed by atoms with van der Waals surface area (Å²) >= 11 is 0. The monoisotopic (exact) mass is 252 g/mol. The van der Waals surface area contributed by atoms with Crippen LogP contribution in [0.5, 0.6) is 0 Å². The second kappa shape index (κ2) is 6.09. The first kappa shape index (κ1) is 14.1. The Morgan fingerprint density at radius 2 is 1.61 bits per heavy atom. The summed E-state index contributed by atoms with van der Waals surface area (Å²) in [6.45, 7) is 6.86. The molecule has 0 bridgehead atoms. The predicted molar refractivity (Wildman–Crippen MR) is 63.1 cm³/mol. The molecule has 0 atom stereocenters. The van der Waals surface area contributed by atoms with Gasteiger partial charge in [-0.2, -0.15) is 5.10 Å². The van der Waals surface area contributed by atoms with Crippen LogP contribution in [0.2, 0.25) is 0 Å². The van der Waals surface area contributed by atoms with Gasteiger partial charge in [-0.3, -0.25) is 0 Å². The lowest BCUT2D eigenvalue weighted by molar-refractivity contribution is 0.0320. The summed E-state index contributed by atoms with van der Waals surface area (Å²) in [4.78, 5) is 23.5. The van der Waals surface area contributed by atoms with Gasteiger partial charge in [-0.05, 0) is 33.8 Å². The van der Waals surface area contributed by atoms with Crippen molar-refractivity contribution >= 4 is 11.9 Å². The van der Waals surface area contributed by atoms with Crippen LogP contribution in [-0.4, -0.2) is 34.3 Å². The average Bonchev–Trinajstić information content (AvgIpc) is 2.27. The first-order chi connectivity index (χ1) is 8.41. The standard InChI is InChI=1S/C12H16N2O4/c1-7(2)17-11(15)9-5-6-13-14-10(9)12(16)18-8(3)4/h5-8H,1-4H3. The lowest BCUT2D eigenvalue weighted by atomic mass is 10.2. The quantitative estimate of drug-likeness (QED) is 0.757. The van der Waals surface area contributed by atoms with Crippen molar-refractivity contribution in [2.24, 2.45) is 0 Å². The largest absolute Gasteiger partial charge is 0.459 e. The highest BCUT2D eigenvalue weighted by Crippen LogP contribution is 2.10. The van der Waals surface area contributed by atoms with Crippen molar-refractivity contribution in [3.05, 3.63) is 23.5 Å². The molecule has 1 aromatic heterocycles. The zero-order chi connectivity index (χ0) is 13.7. The zero-order valence-electron chi connectivity index (χ0n) is 10.8. The number of ether oxygens (including phenoxy) is 2. The fourth-order valence-electron chi connectivity index (χ4n) is 1.19. The van der Waals surface area contributed by atoms with Crippen molar-refractivity contribution < 1.29 is 19.1 Å². The maximum absolute atomic E-state index is 11.8. The fraction of sp³-hybridized carbons (Fsp3) is 0.500. The highest BCUT2D eigenvalue weighted by molar-refractivity contribution is 6.01. The van der Waals surface area contributed by atoms with Crippen LogP contribution in [-0.2, 0) is 9.47 Å². The molecule has 0 aromatic carbocycles. The first-order valence-corrected chi connectivity index (χ1v) is 5.65.